The fourth-order valence-corrected chi connectivity index (χ4v) is 2.98. The standard InChI is InChI=1S/C17H18ClNO/c1-19-15(10-12-5-4-7-14(18)9-12)17-11-13-6-2-3-8-16(13)20-17/h2-9,15,17,19H,10-11H2,1H3. The number of fused-ring (bicyclic) bond motifs is 1. The molecule has 0 amide bonds. The van der Waals surface area contributed by atoms with Crippen LogP contribution in [-0.2, 0) is 12.8 Å². The van der Waals surface area contributed by atoms with E-state index in [-0.39, 0.29) is 12.1 Å². The number of nitrogens with one attached hydrogen (secondary N) is 1. The second-order valence-electron chi connectivity index (χ2n) is 5.20. The average molecular weight is 288 g/mol. The fourth-order valence-electron chi connectivity index (χ4n) is 2.77. The lowest BCUT2D eigenvalue weighted by Crippen LogP contribution is -2.42. The SMILES string of the molecule is CNC(Cc1cccc(Cl)c1)C1Cc2ccccc2O1. The third-order valence-electron chi connectivity index (χ3n) is 3.84. The van der Waals surface area contributed by atoms with Crippen LogP contribution >= 0.6 is 11.6 Å². The minimum absolute atomic E-state index is 0.177. The van der Waals surface area contributed by atoms with Crippen LogP contribution in [0.1, 0.15) is 11.1 Å². The molecular weight excluding hydrogens is 270 g/mol. The van der Waals surface area contributed by atoms with Crippen molar-refractivity contribution in [2.75, 3.05) is 7.05 Å². The van der Waals surface area contributed by atoms with Crippen molar-refractivity contribution in [1.29, 1.82) is 0 Å². The van der Waals surface area contributed by atoms with Gasteiger partial charge in [0.2, 0.25) is 0 Å². The Labute approximate surface area is 124 Å². The van der Waals surface area contributed by atoms with Gasteiger partial charge in [-0.2, -0.15) is 0 Å². The van der Waals surface area contributed by atoms with Crippen molar-refractivity contribution in [1.82, 2.24) is 5.32 Å². The van der Waals surface area contributed by atoms with Crippen LogP contribution < -0.4 is 10.1 Å². The Bertz CT molecular complexity index is 574. The van der Waals surface area contributed by atoms with Crippen LogP contribution in [0.4, 0.5) is 0 Å². The molecule has 20 heavy (non-hydrogen) atoms. The van der Waals surface area contributed by atoms with E-state index in [0.29, 0.717) is 0 Å². The molecule has 1 heterocycles. The minimum Gasteiger partial charge on any atom is -0.488 e. The second kappa shape index (κ2) is 5.86. The van der Waals surface area contributed by atoms with Crippen molar-refractivity contribution >= 4 is 11.6 Å². The topological polar surface area (TPSA) is 21.3 Å². The normalized spacial score (nSPS) is 18.4. The summed E-state index contributed by atoms with van der Waals surface area (Å²) in [6, 6.07) is 16.6. The predicted octanol–water partition coefficient (Wildman–Crippen LogP) is 3.47. The summed E-state index contributed by atoms with van der Waals surface area (Å²) in [6.07, 6.45) is 2.05. The monoisotopic (exact) mass is 287 g/mol. The molecule has 104 valence electrons. The zero-order valence-corrected chi connectivity index (χ0v) is 12.2. The van der Waals surface area contributed by atoms with Gasteiger partial charge in [0.25, 0.3) is 0 Å². The molecule has 2 atom stereocenters. The number of likely N-dealkylation sites (N-methyl/N-ethyl adjacent to an activating group) is 1. The van der Waals surface area contributed by atoms with E-state index in [9.17, 15) is 0 Å². The number of halogens is 1. The summed E-state index contributed by atoms with van der Waals surface area (Å²) < 4.78 is 6.07. The van der Waals surface area contributed by atoms with Gasteiger partial charge in [0.1, 0.15) is 11.9 Å². The number of benzene rings is 2. The van der Waals surface area contributed by atoms with Crippen molar-refractivity contribution in [3.8, 4) is 5.75 Å². The van der Waals surface area contributed by atoms with E-state index in [1.807, 2.05) is 37.4 Å². The van der Waals surface area contributed by atoms with Crippen molar-refractivity contribution in [3.05, 3.63) is 64.7 Å². The Morgan fingerprint density at radius 3 is 2.85 bits per heavy atom. The van der Waals surface area contributed by atoms with E-state index in [4.69, 9.17) is 16.3 Å². The van der Waals surface area contributed by atoms with Gasteiger partial charge in [-0.05, 0) is 42.8 Å². The third kappa shape index (κ3) is 2.82. The lowest BCUT2D eigenvalue weighted by atomic mass is 9.98. The van der Waals surface area contributed by atoms with E-state index in [1.54, 1.807) is 0 Å². The Balaban J connectivity index is 1.72. The lowest BCUT2D eigenvalue weighted by Gasteiger charge is -2.23. The molecule has 0 fully saturated rings. The van der Waals surface area contributed by atoms with Crippen LogP contribution in [0.2, 0.25) is 5.02 Å². The number of rotatable bonds is 4. The maximum Gasteiger partial charge on any atom is 0.123 e. The van der Waals surface area contributed by atoms with Crippen LogP contribution in [0, 0.1) is 0 Å². The van der Waals surface area contributed by atoms with Gasteiger partial charge in [-0.25, -0.2) is 0 Å². The molecule has 2 unspecified atom stereocenters. The smallest absolute Gasteiger partial charge is 0.123 e. The second-order valence-corrected chi connectivity index (χ2v) is 5.63. The molecule has 1 aliphatic heterocycles. The summed E-state index contributed by atoms with van der Waals surface area (Å²) in [5.41, 5.74) is 2.53. The number of ether oxygens (including phenoxy) is 1. The van der Waals surface area contributed by atoms with E-state index in [1.165, 1.54) is 11.1 Å². The van der Waals surface area contributed by atoms with Crippen LogP contribution in [0.3, 0.4) is 0 Å². The minimum atomic E-state index is 0.177. The Hall–Kier alpha value is -1.51. The molecule has 1 N–H and O–H groups in total. The zero-order chi connectivity index (χ0) is 13.9. The highest BCUT2D eigenvalue weighted by Gasteiger charge is 2.29. The lowest BCUT2D eigenvalue weighted by molar-refractivity contribution is 0.182. The molecule has 2 aromatic rings. The number of hydrogen-bond acceptors (Lipinski definition) is 2. The van der Waals surface area contributed by atoms with Gasteiger partial charge in [-0.15, -0.1) is 0 Å². The van der Waals surface area contributed by atoms with Gasteiger partial charge in [-0.3, -0.25) is 0 Å². The molecular formula is C17H18ClNO. The quantitative estimate of drug-likeness (QED) is 0.930. The Morgan fingerprint density at radius 1 is 1.25 bits per heavy atom. The first-order valence-electron chi connectivity index (χ1n) is 6.92. The number of para-hydroxylation sites is 1. The van der Waals surface area contributed by atoms with Crippen molar-refractivity contribution in [2.24, 2.45) is 0 Å². The average Bonchev–Trinajstić information content (AvgIpc) is 2.88. The van der Waals surface area contributed by atoms with Crippen LogP contribution in [0.5, 0.6) is 5.75 Å². The molecule has 0 saturated heterocycles. The maximum absolute atomic E-state index is 6.07. The third-order valence-corrected chi connectivity index (χ3v) is 4.07. The van der Waals surface area contributed by atoms with Gasteiger partial charge in [0, 0.05) is 17.5 Å². The Morgan fingerprint density at radius 2 is 2.10 bits per heavy atom. The van der Waals surface area contributed by atoms with E-state index >= 15 is 0 Å². The van der Waals surface area contributed by atoms with Crippen molar-refractivity contribution in [3.63, 3.8) is 0 Å². The highest BCUT2D eigenvalue weighted by molar-refractivity contribution is 6.30. The maximum atomic E-state index is 6.07. The molecule has 0 aliphatic carbocycles. The first-order chi connectivity index (χ1) is 9.76. The van der Waals surface area contributed by atoms with Gasteiger partial charge in [0.05, 0.1) is 0 Å². The first kappa shape index (κ1) is 13.5. The molecule has 2 aromatic carbocycles. The fraction of sp³-hybridized carbons (Fsp3) is 0.294. The van der Waals surface area contributed by atoms with E-state index in [2.05, 4.69) is 23.5 Å². The highest BCUT2D eigenvalue weighted by Crippen LogP contribution is 2.30. The van der Waals surface area contributed by atoms with Crippen LogP contribution in [0.15, 0.2) is 48.5 Å². The molecule has 0 spiro atoms. The highest BCUT2D eigenvalue weighted by atomic mass is 35.5. The molecule has 1 aliphatic rings. The summed E-state index contributed by atoms with van der Waals surface area (Å²) in [5.74, 6) is 1.02. The summed E-state index contributed by atoms with van der Waals surface area (Å²) in [6.45, 7) is 0. The predicted molar refractivity (Wildman–Crippen MR) is 82.6 cm³/mol. The van der Waals surface area contributed by atoms with E-state index in [0.717, 1.165) is 23.6 Å². The van der Waals surface area contributed by atoms with Crippen LogP contribution in [-0.4, -0.2) is 19.2 Å². The Kier molecular flexibility index (Phi) is 3.95. The van der Waals surface area contributed by atoms with E-state index < -0.39 is 0 Å². The van der Waals surface area contributed by atoms with Gasteiger partial charge in [0.15, 0.2) is 0 Å². The molecule has 0 saturated carbocycles. The molecule has 2 nitrogen and oxygen atoms in total. The summed E-state index contributed by atoms with van der Waals surface area (Å²) in [7, 11) is 1.99. The molecule has 0 radical (unpaired) electrons. The zero-order valence-electron chi connectivity index (χ0n) is 11.5. The number of hydrogen-bond donors (Lipinski definition) is 1. The van der Waals surface area contributed by atoms with Crippen LogP contribution in [0.25, 0.3) is 0 Å². The summed E-state index contributed by atoms with van der Waals surface area (Å²) in [4.78, 5) is 0. The molecule has 0 bridgehead atoms. The van der Waals surface area contributed by atoms with Gasteiger partial charge >= 0.3 is 0 Å². The summed E-state index contributed by atoms with van der Waals surface area (Å²) >= 11 is 6.05. The van der Waals surface area contributed by atoms with Crippen molar-refractivity contribution < 1.29 is 4.74 Å². The molecule has 3 heteroatoms. The largest absolute Gasteiger partial charge is 0.488 e. The summed E-state index contributed by atoms with van der Waals surface area (Å²) in [5, 5.41) is 4.16. The van der Waals surface area contributed by atoms with Gasteiger partial charge < -0.3 is 10.1 Å². The van der Waals surface area contributed by atoms with Gasteiger partial charge in [-0.1, -0.05) is 41.9 Å². The first-order valence-corrected chi connectivity index (χ1v) is 7.30. The molecule has 3 rings (SSSR count). The van der Waals surface area contributed by atoms with Crippen molar-refractivity contribution in [2.45, 2.75) is 25.0 Å². The molecule has 0 aromatic heterocycles.